The Hall–Kier alpha value is -0.550. The van der Waals surface area contributed by atoms with Crippen LogP contribution in [0.25, 0.3) is 0 Å². The first-order valence-corrected chi connectivity index (χ1v) is 2.60. The molecule has 0 atom stereocenters. The fourth-order valence-electron chi connectivity index (χ4n) is 0.0614. The van der Waals surface area contributed by atoms with Crippen molar-refractivity contribution in [1.29, 1.82) is 0 Å². The quantitative estimate of drug-likeness (QED) is 0.394. The normalized spacial score (nSPS) is 9.86. The van der Waals surface area contributed by atoms with Crippen LogP contribution >= 0.6 is 7.99 Å². The molecule has 0 saturated carbocycles. The van der Waals surface area contributed by atoms with Gasteiger partial charge in [-0.05, 0) is 0 Å². The molecule has 0 N–H and O–H groups in total. The maximum absolute atomic E-state index is 10.9. The van der Waals surface area contributed by atoms with E-state index in [2.05, 4.69) is 10.9 Å². The monoisotopic (exact) mass is 126 g/mol. The van der Waals surface area contributed by atoms with E-state index in [1.165, 1.54) is 0 Å². The van der Waals surface area contributed by atoms with Gasteiger partial charge in [0, 0.05) is 0 Å². The van der Waals surface area contributed by atoms with Crippen molar-refractivity contribution < 1.29 is 17.5 Å². The van der Waals surface area contributed by atoms with E-state index < -0.39 is 7.99 Å². The molecule has 0 saturated heterocycles. The molecule has 0 unspecified atom stereocenters. The van der Waals surface area contributed by atoms with Gasteiger partial charge in [-0.25, -0.2) is 4.57 Å². The zero-order valence-electron chi connectivity index (χ0n) is 3.10. The first-order chi connectivity index (χ1) is 3.06. The Morgan fingerprint density at radius 3 is 2.14 bits per heavy atom. The zero-order chi connectivity index (χ0) is 5.91. The highest BCUT2D eigenvalue weighted by Gasteiger charge is 2.19. The summed E-state index contributed by atoms with van der Waals surface area (Å²) < 4.78 is 33.9. The Labute approximate surface area is 39.2 Å². The van der Waals surface area contributed by atoms with Crippen molar-refractivity contribution in [3.8, 4) is 12.5 Å². The summed E-state index contributed by atoms with van der Waals surface area (Å²) >= 11 is 0. The van der Waals surface area contributed by atoms with Crippen molar-refractivity contribution in [3.05, 3.63) is 0 Å². The molecule has 2 nitrogen and oxygen atoms in total. The molecule has 0 bridgehead atoms. The molecule has 0 spiro atoms. The van der Waals surface area contributed by atoms with Crippen molar-refractivity contribution in [2.24, 2.45) is 0 Å². The van der Waals surface area contributed by atoms with Crippen LogP contribution in [-0.4, -0.2) is 0 Å². The Morgan fingerprint density at radius 2 is 2.14 bits per heavy atom. The molecule has 0 aliphatic rings. The maximum Gasteiger partial charge on any atom is 0.619 e. The molecule has 0 aliphatic carbocycles. The predicted octanol–water partition coefficient (Wildman–Crippen LogP) is 1.64. The summed E-state index contributed by atoms with van der Waals surface area (Å²) in [4.78, 5) is 0. The number of rotatable bonds is 1. The second-order valence-corrected chi connectivity index (χ2v) is 1.64. The van der Waals surface area contributed by atoms with Gasteiger partial charge in [-0.3, -0.25) is 0 Å². The van der Waals surface area contributed by atoms with Crippen LogP contribution in [0.15, 0.2) is 0 Å². The molecule has 0 rings (SSSR count). The standard InChI is InChI=1S/C2HF2O2P/c1-2-6-7(3,4)5/h1H. The molecule has 0 amide bonds. The molecule has 0 aromatic heterocycles. The van der Waals surface area contributed by atoms with Crippen LogP contribution in [-0.2, 0) is 9.09 Å². The van der Waals surface area contributed by atoms with E-state index in [4.69, 9.17) is 4.57 Å². The molecule has 0 radical (unpaired) electrons. The SMILES string of the molecule is C#COP(=O)(F)F. The lowest BCUT2D eigenvalue weighted by atomic mass is 11.3. The van der Waals surface area contributed by atoms with E-state index in [9.17, 15) is 8.39 Å². The lowest BCUT2D eigenvalue weighted by molar-refractivity contribution is 0.365. The van der Waals surface area contributed by atoms with Gasteiger partial charge in [0.15, 0.2) is 0 Å². The van der Waals surface area contributed by atoms with Crippen molar-refractivity contribution in [2.75, 3.05) is 0 Å². The van der Waals surface area contributed by atoms with E-state index in [0.29, 0.717) is 0 Å². The molecule has 7 heavy (non-hydrogen) atoms. The average molecular weight is 126 g/mol. The third-order valence-electron chi connectivity index (χ3n) is 0.159. The Bertz CT molecular complexity index is 131. The maximum atomic E-state index is 10.9. The number of hydrogen-bond donors (Lipinski definition) is 0. The van der Waals surface area contributed by atoms with Crippen LogP contribution in [0.5, 0.6) is 0 Å². The van der Waals surface area contributed by atoms with Gasteiger partial charge in [0.05, 0.1) is 0 Å². The van der Waals surface area contributed by atoms with Gasteiger partial charge in [0.2, 0.25) is 0 Å². The molecule has 0 aliphatic heterocycles. The number of hydrogen-bond acceptors (Lipinski definition) is 2. The Balaban J connectivity index is 3.65. The lowest BCUT2D eigenvalue weighted by Gasteiger charge is -1.86. The summed E-state index contributed by atoms with van der Waals surface area (Å²) in [6.07, 6.45) is 5.28. The molecular weight excluding hydrogens is 125 g/mol. The van der Waals surface area contributed by atoms with Crippen LogP contribution in [0, 0.1) is 12.5 Å². The summed E-state index contributed by atoms with van der Waals surface area (Å²) in [6.45, 7) is 0. The van der Waals surface area contributed by atoms with Gasteiger partial charge < -0.3 is 4.52 Å². The lowest BCUT2D eigenvalue weighted by Crippen LogP contribution is -1.62. The second-order valence-electron chi connectivity index (χ2n) is 0.624. The van der Waals surface area contributed by atoms with Crippen molar-refractivity contribution >= 4 is 7.99 Å². The second kappa shape index (κ2) is 1.94. The predicted molar refractivity (Wildman–Crippen MR) is 19.7 cm³/mol. The van der Waals surface area contributed by atoms with Crippen LogP contribution < -0.4 is 0 Å². The summed E-state index contributed by atoms with van der Waals surface area (Å²) in [7, 11) is -5.40. The fourth-order valence-corrected chi connectivity index (χ4v) is 0.184. The van der Waals surface area contributed by atoms with Crippen LogP contribution in [0.1, 0.15) is 0 Å². The van der Waals surface area contributed by atoms with Gasteiger partial charge in [-0.1, -0.05) is 6.42 Å². The first-order valence-electron chi connectivity index (χ1n) is 1.20. The minimum atomic E-state index is -5.40. The fraction of sp³-hybridized carbons (Fsp3) is 0. The highest BCUT2D eigenvalue weighted by atomic mass is 31.2. The minimum absolute atomic E-state index is 1.09. The van der Waals surface area contributed by atoms with E-state index in [0.717, 1.165) is 6.11 Å². The molecular formula is C2HF2O2P. The summed E-state index contributed by atoms with van der Waals surface area (Å²) in [5.74, 6) is 0. The van der Waals surface area contributed by atoms with Gasteiger partial charge in [-0.15, -0.1) is 8.39 Å². The summed E-state index contributed by atoms with van der Waals surface area (Å²) in [5.41, 5.74) is 0. The van der Waals surface area contributed by atoms with Crippen molar-refractivity contribution in [1.82, 2.24) is 0 Å². The van der Waals surface area contributed by atoms with Crippen molar-refractivity contribution in [2.45, 2.75) is 0 Å². The smallest absolute Gasteiger partial charge is 0.344 e. The summed E-state index contributed by atoms with van der Waals surface area (Å²) in [6, 6.07) is 0. The summed E-state index contributed by atoms with van der Waals surface area (Å²) in [5, 5.41) is 0. The van der Waals surface area contributed by atoms with Gasteiger partial charge in [0.1, 0.15) is 6.11 Å². The topological polar surface area (TPSA) is 26.3 Å². The van der Waals surface area contributed by atoms with Crippen LogP contribution in [0.2, 0.25) is 0 Å². The van der Waals surface area contributed by atoms with Gasteiger partial charge in [-0.2, -0.15) is 0 Å². The molecule has 40 valence electrons. The number of terminal acetylenes is 1. The largest absolute Gasteiger partial charge is 0.619 e. The highest BCUT2D eigenvalue weighted by Crippen LogP contribution is 2.49. The van der Waals surface area contributed by atoms with Gasteiger partial charge >= 0.3 is 7.99 Å². The first kappa shape index (κ1) is 6.45. The van der Waals surface area contributed by atoms with E-state index in [1.54, 1.807) is 0 Å². The van der Waals surface area contributed by atoms with E-state index in [1.807, 2.05) is 0 Å². The molecule has 0 heterocycles. The van der Waals surface area contributed by atoms with Crippen LogP contribution in [0.4, 0.5) is 8.39 Å². The minimum Gasteiger partial charge on any atom is -0.344 e. The highest BCUT2D eigenvalue weighted by molar-refractivity contribution is 7.47. The molecule has 5 heteroatoms. The average Bonchev–Trinajstić information content (AvgIpc) is 1.30. The Kier molecular flexibility index (Phi) is 1.79. The molecule has 0 fully saturated rings. The van der Waals surface area contributed by atoms with Crippen molar-refractivity contribution in [3.63, 3.8) is 0 Å². The third-order valence-corrected chi connectivity index (χ3v) is 0.477. The van der Waals surface area contributed by atoms with Crippen LogP contribution in [0.3, 0.4) is 0 Å². The molecule has 0 aromatic rings. The third kappa shape index (κ3) is 5.45. The number of halogens is 2. The van der Waals surface area contributed by atoms with E-state index >= 15 is 0 Å². The van der Waals surface area contributed by atoms with E-state index in [-0.39, 0.29) is 0 Å². The zero-order valence-corrected chi connectivity index (χ0v) is 3.99. The Morgan fingerprint density at radius 1 is 1.71 bits per heavy atom. The molecule has 0 aromatic carbocycles. The van der Waals surface area contributed by atoms with Gasteiger partial charge in [0.25, 0.3) is 0 Å².